The molecule has 1 aliphatic rings. The number of aromatic nitrogens is 2. The molecule has 2 heterocycles. The van der Waals surface area contributed by atoms with Crippen LogP contribution < -0.4 is 5.73 Å². The number of carbonyl (C=O) groups excluding carboxylic acids is 1. The molecule has 30 heavy (non-hydrogen) atoms. The molecule has 8 nitrogen and oxygen atoms in total. The maximum Gasteiger partial charge on any atom is 0.410 e. The Morgan fingerprint density at radius 2 is 1.77 bits per heavy atom. The van der Waals surface area contributed by atoms with Gasteiger partial charge in [-0.2, -0.15) is 0 Å². The molecule has 3 rings (SSSR count). The lowest BCUT2D eigenvalue weighted by atomic mass is 10.2. The second-order valence-electron chi connectivity index (χ2n) is 8.09. The monoisotopic (exact) mass is 526 g/mol. The topological polar surface area (TPSA) is 89.0 Å². The number of guanidine groups is 1. The van der Waals surface area contributed by atoms with Gasteiger partial charge in [0.05, 0.1) is 0 Å². The summed E-state index contributed by atoms with van der Waals surface area (Å²) in [5.41, 5.74) is 6.92. The highest BCUT2D eigenvalue weighted by molar-refractivity contribution is 14.0. The van der Waals surface area contributed by atoms with Crippen LogP contribution in [0, 0.1) is 0 Å². The number of benzene rings is 1. The third kappa shape index (κ3) is 6.89. The SMILES string of the molecule is CC(C)(C)OC(=O)N1CCN(C(N)=NCc2nccn2Cc2ccccc2)CC1.I. The lowest BCUT2D eigenvalue weighted by molar-refractivity contribution is 0.0186. The average Bonchev–Trinajstić information content (AvgIpc) is 3.12. The number of hydrogen-bond acceptors (Lipinski definition) is 4. The van der Waals surface area contributed by atoms with Crippen LogP contribution in [-0.4, -0.2) is 63.2 Å². The minimum Gasteiger partial charge on any atom is -0.444 e. The van der Waals surface area contributed by atoms with Crippen LogP contribution in [0.15, 0.2) is 47.7 Å². The van der Waals surface area contributed by atoms with Gasteiger partial charge in [-0.25, -0.2) is 14.8 Å². The minimum atomic E-state index is -0.490. The van der Waals surface area contributed by atoms with Crippen molar-refractivity contribution in [3.8, 4) is 0 Å². The maximum atomic E-state index is 12.2. The lowest BCUT2D eigenvalue weighted by Crippen LogP contribution is -2.53. The summed E-state index contributed by atoms with van der Waals surface area (Å²) in [6.45, 7) is 9.16. The van der Waals surface area contributed by atoms with Crippen LogP contribution in [-0.2, 0) is 17.8 Å². The molecule has 1 saturated heterocycles. The Kier molecular flexibility index (Phi) is 8.51. The van der Waals surface area contributed by atoms with Gasteiger partial charge < -0.3 is 24.8 Å². The summed E-state index contributed by atoms with van der Waals surface area (Å²) >= 11 is 0. The van der Waals surface area contributed by atoms with Crippen LogP contribution in [0.4, 0.5) is 4.79 Å². The van der Waals surface area contributed by atoms with Crippen molar-refractivity contribution in [3.05, 3.63) is 54.1 Å². The van der Waals surface area contributed by atoms with Crippen LogP contribution in [0.5, 0.6) is 0 Å². The number of nitrogens with zero attached hydrogens (tertiary/aromatic N) is 5. The number of halogens is 1. The van der Waals surface area contributed by atoms with Crippen LogP contribution in [0.3, 0.4) is 0 Å². The maximum absolute atomic E-state index is 12.2. The number of amides is 1. The molecule has 1 aromatic heterocycles. The van der Waals surface area contributed by atoms with Gasteiger partial charge in [0.15, 0.2) is 5.96 Å². The Labute approximate surface area is 195 Å². The Balaban J connectivity index is 0.00000320. The van der Waals surface area contributed by atoms with E-state index in [1.807, 2.05) is 50.1 Å². The van der Waals surface area contributed by atoms with Crippen molar-refractivity contribution in [3.63, 3.8) is 0 Å². The van der Waals surface area contributed by atoms with Gasteiger partial charge in [-0.3, -0.25) is 0 Å². The van der Waals surface area contributed by atoms with Crippen molar-refractivity contribution in [1.82, 2.24) is 19.4 Å². The summed E-state index contributed by atoms with van der Waals surface area (Å²) in [7, 11) is 0. The van der Waals surface area contributed by atoms with E-state index < -0.39 is 5.60 Å². The molecule has 0 radical (unpaired) electrons. The highest BCUT2D eigenvalue weighted by atomic mass is 127. The number of rotatable bonds is 4. The molecule has 1 aliphatic heterocycles. The van der Waals surface area contributed by atoms with Gasteiger partial charge in [0, 0.05) is 45.1 Å². The zero-order valence-corrected chi connectivity index (χ0v) is 20.2. The molecule has 0 aliphatic carbocycles. The summed E-state index contributed by atoms with van der Waals surface area (Å²) in [6, 6.07) is 10.2. The fourth-order valence-electron chi connectivity index (χ4n) is 3.11. The molecule has 0 bridgehead atoms. The van der Waals surface area contributed by atoms with Gasteiger partial charge in [-0.05, 0) is 26.3 Å². The second-order valence-corrected chi connectivity index (χ2v) is 8.09. The first-order chi connectivity index (χ1) is 13.8. The predicted molar refractivity (Wildman–Crippen MR) is 128 cm³/mol. The van der Waals surface area contributed by atoms with Crippen molar-refractivity contribution >= 4 is 36.0 Å². The van der Waals surface area contributed by atoms with E-state index >= 15 is 0 Å². The van der Waals surface area contributed by atoms with Crippen LogP contribution in [0.2, 0.25) is 0 Å². The van der Waals surface area contributed by atoms with Gasteiger partial charge in [0.2, 0.25) is 0 Å². The van der Waals surface area contributed by atoms with E-state index in [-0.39, 0.29) is 30.1 Å². The number of hydrogen-bond donors (Lipinski definition) is 1. The van der Waals surface area contributed by atoms with Crippen LogP contribution in [0.25, 0.3) is 0 Å². The Morgan fingerprint density at radius 3 is 2.40 bits per heavy atom. The molecule has 2 aromatic rings. The summed E-state index contributed by atoms with van der Waals surface area (Å²) in [4.78, 5) is 24.8. The zero-order chi connectivity index (χ0) is 20.9. The van der Waals surface area contributed by atoms with E-state index in [0.29, 0.717) is 38.7 Å². The number of aliphatic imine (C=N–C) groups is 1. The largest absolute Gasteiger partial charge is 0.444 e. The zero-order valence-electron chi connectivity index (χ0n) is 17.8. The summed E-state index contributed by atoms with van der Waals surface area (Å²) in [6.07, 6.45) is 3.45. The smallest absolute Gasteiger partial charge is 0.410 e. The standard InChI is InChI=1S/C21H30N6O2.HI/c1-21(2,3)29-20(28)26-13-11-25(12-14-26)19(22)24-15-18-23-9-10-27(18)16-17-7-5-4-6-8-17;/h4-10H,11-16H2,1-3H3,(H2,22,24);1H. The predicted octanol–water partition coefficient (Wildman–Crippen LogP) is 2.92. The van der Waals surface area contributed by atoms with E-state index in [0.717, 1.165) is 12.4 Å². The number of carbonyl (C=O) groups is 1. The highest BCUT2D eigenvalue weighted by Crippen LogP contribution is 2.12. The molecular weight excluding hydrogens is 495 g/mol. The average molecular weight is 526 g/mol. The molecule has 0 saturated carbocycles. The van der Waals surface area contributed by atoms with Crippen molar-refractivity contribution < 1.29 is 9.53 Å². The van der Waals surface area contributed by atoms with Crippen molar-refractivity contribution in [2.24, 2.45) is 10.7 Å². The van der Waals surface area contributed by atoms with E-state index in [1.54, 1.807) is 11.1 Å². The summed E-state index contributed by atoms with van der Waals surface area (Å²) in [5, 5.41) is 0. The molecule has 1 amide bonds. The molecular formula is C21H31IN6O2. The van der Waals surface area contributed by atoms with Gasteiger partial charge in [0.25, 0.3) is 0 Å². The van der Waals surface area contributed by atoms with E-state index in [9.17, 15) is 4.79 Å². The number of piperazine rings is 1. The van der Waals surface area contributed by atoms with Gasteiger partial charge >= 0.3 is 6.09 Å². The van der Waals surface area contributed by atoms with Gasteiger partial charge in [0.1, 0.15) is 18.0 Å². The van der Waals surface area contributed by atoms with E-state index in [2.05, 4.69) is 26.7 Å². The highest BCUT2D eigenvalue weighted by Gasteiger charge is 2.26. The Morgan fingerprint density at radius 1 is 1.13 bits per heavy atom. The molecule has 0 unspecified atom stereocenters. The molecule has 164 valence electrons. The Bertz CT molecular complexity index is 839. The van der Waals surface area contributed by atoms with Crippen LogP contribution in [0.1, 0.15) is 32.2 Å². The van der Waals surface area contributed by atoms with Crippen LogP contribution >= 0.6 is 24.0 Å². The minimum absolute atomic E-state index is 0. The normalized spacial score (nSPS) is 15.0. The lowest BCUT2D eigenvalue weighted by Gasteiger charge is -2.36. The number of imidazole rings is 1. The molecule has 2 N–H and O–H groups in total. The first-order valence-corrected chi connectivity index (χ1v) is 9.88. The first-order valence-electron chi connectivity index (χ1n) is 9.88. The summed E-state index contributed by atoms with van der Waals surface area (Å²) in [5.74, 6) is 1.34. The van der Waals surface area contributed by atoms with Crippen molar-refractivity contribution in [2.45, 2.75) is 39.5 Å². The third-order valence-corrected chi connectivity index (χ3v) is 4.64. The molecule has 9 heteroatoms. The van der Waals surface area contributed by atoms with E-state index in [4.69, 9.17) is 10.5 Å². The molecule has 0 spiro atoms. The number of nitrogens with two attached hydrogens (primary N) is 1. The van der Waals surface area contributed by atoms with Gasteiger partial charge in [-0.1, -0.05) is 30.3 Å². The van der Waals surface area contributed by atoms with E-state index in [1.165, 1.54) is 5.56 Å². The summed E-state index contributed by atoms with van der Waals surface area (Å²) < 4.78 is 7.50. The Hall–Kier alpha value is -2.30. The molecule has 1 aromatic carbocycles. The molecule has 1 fully saturated rings. The third-order valence-electron chi connectivity index (χ3n) is 4.64. The fraction of sp³-hybridized carbons (Fsp3) is 0.476. The second kappa shape index (κ2) is 10.6. The number of ether oxygens (including phenoxy) is 1. The van der Waals surface area contributed by atoms with Crippen molar-refractivity contribution in [2.75, 3.05) is 26.2 Å². The van der Waals surface area contributed by atoms with Crippen molar-refractivity contribution in [1.29, 1.82) is 0 Å². The fourth-order valence-corrected chi connectivity index (χ4v) is 3.11. The first kappa shape index (κ1) is 24.0. The molecule has 0 atom stereocenters. The van der Waals surface area contributed by atoms with Gasteiger partial charge in [-0.15, -0.1) is 24.0 Å². The quantitative estimate of drug-likeness (QED) is 0.376.